The molecule has 2 aromatic carbocycles. The van der Waals surface area contributed by atoms with Gasteiger partial charge in [0.2, 0.25) is 0 Å². The minimum Gasteiger partial charge on any atom is -0.339 e. The zero-order chi connectivity index (χ0) is 19.4. The highest BCUT2D eigenvalue weighted by atomic mass is 32.2. The number of nitrogens with one attached hydrogen (secondary N) is 1. The number of carbonyl (C=O) groups is 1. The van der Waals surface area contributed by atoms with Crippen molar-refractivity contribution in [2.24, 2.45) is 0 Å². The van der Waals surface area contributed by atoms with Crippen LogP contribution in [0.3, 0.4) is 0 Å². The third-order valence-electron chi connectivity index (χ3n) is 5.24. The van der Waals surface area contributed by atoms with Crippen LogP contribution in [-0.4, -0.2) is 32.3 Å². The topological polar surface area (TPSA) is 66.5 Å². The Morgan fingerprint density at radius 3 is 2.26 bits per heavy atom. The lowest BCUT2D eigenvalue weighted by Crippen LogP contribution is -2.38. The normalized spacial score (nSPS) is 15.3. The molecule has 1 N–H and O–H groups in total. The molecule has 1 aliphatic carbocycles. The van der Waals surface area contributed by atoms with Crippen LogP contribution in [0.4, 0.5) is 5.69 Å². The monoisotopic (exact) mass is 386 g/mol. The van der Waals surface area contributed by atoms with Crippen molar-refractivity contribution in [1.29, 1.82) is 0 Å². The Kier molecular flexibility index (Phi) is 5.85. The van der Waals surface area contributed by atoms with E-state index in [9.17, 15) is 13.2 Å². The van der Waals surface area contributed by atoms with Gasteiger partial charge in [-0.2, -0.15) is 0 Å². The van der Waals surface area contributed by atoms with Crippen molar-refractivity contribution in [3.05, 3.63) is 59.7 Å². The van der Waals surface area contributed by atoms with Crippen LogP contribution < -0.4 is 4.72 Å². The number of hydrogen-bond donors (Lipinski definition) is 1. The van der Waals surface area contributed by atoms with E-state index in [1.807, 2.05) is 26.1 Å². The molecule has 6 heteroatoms. The van der Waals surface area contributed by atoms with Gasteiger partial charge in [0.05, 0.1) is 10.6 Å². The highest BCUT2D eigenvalue weighted by molar-refractivity contribution is 7.92. The molecule has 1 saturated carbocycles. The van der Waals surface area contributed by atoms with Crippen LogP contribution in [0.2, 0.25) is 0 Å². The first-order valence-electron chi connectivity index (χ1n) is 9.34. The summed E-state index contributed by atoms with van der Waals surface area (Å²) >= 11 is 0. The van der Waals surface area contributed by atoms with Gasteiger partial charge < -0.3 is 4.90 Å². The van der Waals surface area contributed by atoms with Crippen LogP contribution in [0.25, 0.3) is 0 Å². The van der Waals surface area contributed by atoms with Gasteiger partial charge in [-0.1, -0.05) is 37.5 Å². The summed E-state index contributed by atoms with van der Waals surface area (Å²) in [5, 5.41) is 0. The molecule has 0 aromatic heterocycles. The zero-order valence-corrected chi connectivity index (χ0v) is 16.6. The highest BCUT2D eigenvalue weighted by Crippen LogP contribution is 2.24. The molecular weight excluding hydrogens is 360 g/mol. The minimum absolute atomic E-state index is 0.0577. The molecule has 1 fully saturated rings. The molecular formula is C21H26N2O3S. The average molecular weight is 387 g/mol. The van der Waals surface area contributed by atoms with Crippen LogP contribution in [0.1, 0.15) is 48.0 Å². The summed E-state index contributed by atoms with van der Waals surface area (Å²) in [5.41, 5.74) is 1.91. The Morgan fingerprint density at radius 2 is 1.63 bits per heavy atom. The number of rotatable bonds is 5. The molecule has 0 aliphatic heterocycles. The molecule has 2 aromatic rings. The second-order valence-electron chi connectivity index (χ2n) is 7.15. The second-order valence-corrected chi connectivity index (χ2v) is 8.84. The summed E-state index contributed by atoms with van der Waals surface area (Å²) in [6, 6.07) is 13.7. The van der Waals surface area contributed by atoms with E-state index in [2.05, 4.69) is 4.72 Å². The Hall–Kier alpha value is -2.34. The fraction of sp³-hybridized carbons (Fsp3) is 0.381. The van der Waals surface area contributed by atoms with Gasteiger partial charge in [0.1, 0.15) is 0 Å². The van der Waals surface area contributed by atoms with E-state index in [1.165, 1.54) is 18.6 Å². The number of para-hydroxylation sites is 1. The van der Waals surface area contributed by atoms with Crippen molar-refractivity contribution in [1.82, 2.24) is 4.90 Å². The molecule has 0 atom stereocenters. The van der Waals surface area contributed by atoms with Crippen LogP contribution >= 0.6 is 0 Å². The van der Waals surface area contributed by atoms with Gasteiger partial charge >= 0.3 is 0 Å². The molecule has 0 radical (unpaired) electrons. The third-order valence-corrected chi connectivity index (χ3v) is 6.63. The number of benzene rings is 2. The van der Waals surface area contributed by atoms with Crippen molar-refractivity contribution < 1.29 is 13.2 Å². The number of nitrogens with zero attached hydrogens (tertiary/aromatic N) is 1. The maximum Gasteiger partial charge on any atom is 0.261 e. The van der Waals surface area contributed by atoms with Crippen molar-refractivity contribution in [2.45, 2.75) is 50.0 Å². The van der Waals surface area contributed by atoms with Gasteiger partial charge in [-0.15, -0.1) is 0 Å². The number of amides is 1. The Labute approximate surface area is 161 Å². The summed E-state index contributed by atoms with van der Waals surface area (Å²) < 4.78 is 27.8. The van der Waals surface area contributed by atoms with Crippen LogP contribution in [0.5, 0.6) is 0 Å². The predicted octanol–water partition coefficient (Wildman–Crippen LogP) is 4.20. The average Bonchev–Trinajstić information content (AvgIpc) is 2.69. The number of carbonyl (C=O) groups excluding carboxylic acids is 1. The Morgan fingerprint density at radius 1 is 1.00 bits per heavy atom. The SMILES string of the molecule is Cc1ccccc1NS(=O)(=O)c1ccc(C(=O)N(C)C2CCCCC2)cc1. The number of hydrogen-bond acceptors (Lipinski definition) is 3. The van der Waals surface area contributed by atoms with Crippen LogP contribution in [0, 0.1) is 6.92 Å². The lowest BCUT2D eigenvalue weighted by atomic mass is 9.94. The van der Waals surface area contributed by atoms with Crippen LogP contribution in [0.15, 0.2) is 53.4 Å². The molecule has 0 unspecified atom stereocenters. The van der Waals surface area contributed by atoms with E-state index in [1.54, 1.807) is 29.2 Å². The van der Waals surface area contributed by atoms with Gasteiger partial charge in [0.25, 0.3) is 15.9 Å². The summed E-state index contributed by atoms with van der Waals surface area (Å²) in [6.07, 6.45) is 5.62. The molecule has 144 valence electrons. The van der Waals surface area contributed by atoms with Crippen LogP contribution in [-0.2, 0) is 10.0 Å². The standard InChI is InChI=1S/C21H26N2O3S/c1-16-8-6-7-11-20(16)22-27(25,26)19-14-12-17(13-15-19)21(24)23(2)18-9-4-3-5-10-18/h6-8,11-15,18,22H,3-5,9-10H2,1-2H3. The number of anilines is 1. The van der Waals surface area contributed by atoms with E-state index in [4.69, 9.17) is 0 Å². The maximum absolute atomic E-state index is 12.7. The molecule has 0 heterocycles. The first kappa shape index (κ1) is 19.4. The molecule has 5 nitrogen and oxygen atoms in total. The highest BCUT2D eigenvalue weighted by Gasteiger charge is 2.23. The van der Waals surface area contributed by atoms with E-state index in [-0.39, 0.29) is 16.8 Å². The smallest absolute Gasteiger partial charge is 0.261 e. The molecule has 1 aliphatic rings. The van der Waals surface area contributed by atoms with Gasteiger partial charge in [0.15, 0.2) is 0 Å². The molecule has 0 bridgehead atoms. The largest absolute Gasteiger partial charge is 0.339 e. The molecule has 3 rings (SSSR count). The summed E-state index contributed by atoms with van der Waals surface area (Å²) in [7, 11) is -1.86. The van der Waals surface area contributed by atoms with E-state index >= 15 is 0 Å². The van der Waals surface area contributed by atoms with E-state index in [0.717, 1.165) is 31.2 Å². The van der Waals surface area contributed by atoms with Gasteiger partial charge in [-0.05, 0) is 55.7 Å². The number of aryl methyl sites for hydroxylation is 1. The fourth-order valence-electron chi connectivity index (χ4n) is 3.51. The minimum atomic E-state index is -3.69. The summed E-state index contributed by atoms with van der Waals surface area (Å²) in [4.78, 5) is 14.6. The van der Waals surface area contributed by atoms with Crippen molar-refractivity contribution in [3.63, 3.8) is 0 Å². The molecule has 27 heavy (non-hydrogen) atoms. The third kappa shape index (κ3) is 4.50. The van der Waals surface area contributed by atoms with Crippen molar-refractivity contribution in [2.75, 3.05) is 11.8 Å². The predicted molar refractivity (Wildman–Crippen MR) is 107 cm³/mol. The molecule has 1 amide bonds. The summed E-state index contributed by atoms with van der Waals surface area (Å²) in [5.74, 6) is -0.0577. The van der Waals surface area contributed by atoms with E-state index < -0.39 is 10.0 Å². The molecule has 0 saturated heterocycles. The van der Waals surface area contributed by atoms with Gasteiger partial charge in [-0.3, -0.25) is 9.52 Å². The van der Waals surface area contributed by atoms with Gasteiger partial charge in [0, 0.05) is 18.7 Å². The van der Waals surface area contributed by atoms with Crippen molar-refractivity contribution in [3.8, 4) is 0 Å². The fourth-order valence-corrected chi connectivity index (χ4v) is 4.64. The quantitative estimate of drug-likeness (QED) is 0.837. The van der Waals surface area contributed by atoms with Crippen molar-refractivity contribution >= 4 is 21.6 Å². The lowest BCUT2D eigenvalue weighted by molar-refractivity contribution is 0.0696. The molecule has 0 spiro atoms. The van der Waals surface area contributed by atoms with Gasteiger partial charge in [-0.25, -0.2) is 8.42 Å². The summed E-state index contributed by atoms with van der Waals surface area (Å²) in [6.45, 7) is 1.85. The Bertz CT molecular complexity index is 901. The Balaban J connectivity index is 1.74. The maximum atomic E-state index is 12.7. The lowest BCUT2D eigenvalue weighted by Gasteiger charge is -2.31. The number of sulfonamides is 1. The first-order valence-corrected chi connectivity index (χ1v) is 10.8. The van der Waals surface area contributed by atoms with E-state index in [0.29, 0.717) is 11.3 Å². The zero-order valence-electron chi connectivity index (χ0n) is 15.8. The first-order chi connectivity index (χ1) is 12.9. The second kappa shape index (κ2) is 8.13.